The number of amides is 1. The normalized spacial score (nSPS) is 21.4. The molecule has 4 rings (SSSR count). The minimum absolute atomic E-state index is 0.167. The molecule has 28 heavy (non-hydrogen) atoms. The van der Waals surface area contributed by atoms with E-state index < -0.39 is 6.10 Å². The molecule has 0 bridgehead atoms. The predicted molar refractivity (Wildman–Crippen MR) is 111 cm³/mol. The van der Waals surface area contributed by atoms with Gasteiger partial charge in [-0.2, -0.15) is 0 Å². The third-order valence-electron chi connectivity index (χ3n) is 6.18. The summed E-state index contributed by atoms with van der Waals surface area (Å²) in [6.45, 7) is 5.74. The van der Waals surface area contributed by atoms with E-state index in [0.29, 0.717) is 25.4 Å². The smallest absolute Gasteiger partial charge is 0.223 e. The molecule has 148 valence electrons. The number of aryl methyl sites for hydroxylation is 1. The molecular weight excluding hydrogens is 348 g/mol. The van der Waals surface area contributed by atoms with Gasteiger partial charge in [-0.1, -0.05) is 54.1 Å². The van der Waals surface area contributed by atoms with Crippen LogP contribution < -0.4 is 0 Å². The van der Waals surface area contributed by atoms with Crippen molar-refractivity contribution in [1.29, 1.82) is 0 Å². The number of carbonyl (C=O) groups is 1. The third kappa shape index (κ3) is 4.45. The molecule has 0 aliphatic carbocycles. The predicted octanol–water partition coefficient (Wildman–Crippen LogP) is 3.12. The van der Waals surface area contributed by atoms with E-state index in [0.717, 1.165) is 32.5 Å². The molecule has 2 aliphatic rings. The Bertz CT molecular complexity index is 818. The van der Waals surface area contributed by atoms with Crippen LogP contribution >= 0.6 is 0 Å². The van der Waals surface area contributed by atoms with Gasteiger partial charge in [-0.15, -0.1) is 0 Å². The Hall–Kier alpha value is -2.17. The summed E-state index contributed by atoms with van der Waals surface area (Å²) in [4.78, 5) is 16.8. The number of hydrogen-bond donors (Lipinski definition) is 1. The van der Waals surface area contributed by atoms with E-state index >= 15 is 0 Å². The molecule has 2 heterocycles. The molecule has 0 aromatic heterocycles. The van der Waals surface area contributed by atoms with Crippen molar-refractivity contribution in [3.63, 3.8) is 0 Å². The summed E-state index contributed by atoms with van der Waals surface area (Å²) >= 11 is 0. The van der Waals surface area contributed by atoms with E-state index in [1.807, 2.05) is 4.90 Å². The van der Waals surface area contributed by atoms with Crippen LogP contribution in [0.1, 0.15) is 41.0 Å². The van der Waals surface area contributed by atoms with Crippen molar-refractivity contribution in [3.05, 3.63) is 70.8 Å². The number of β-amino-alcohol motifs (C(OH)–C–C–N with tert-alkyl or cyclic N) is 1. The fraction of sp³-hybridized carbons (Fsp3) is 0.458. The molecule has 0 saturated carbocycles. The lowest BCUT2D eigenvalue weighted by Crippen LogP contribution is -2.46. The number of aliphatic hydroxyl groups excluding tert-OH is 1. The van der Waals surface area contributed by atoms with Gasteiger partial charge < -0.3 is 10.0 Å². The van der Waals surface area contributed by atoms with Gasteiger partial charge in [0.1, 0.15) is 0 Å². The van der Waals surface area contributed by atoms with Crippen LogP contribution in [0.4, 0.5) is 0 Å². The Morgan fingerprint density at radius 2 is 1.79 bits per heavy atom. The first kappa shape index (κ1) is 19.2. The van der Waals surface area contributed by atoms with Crippen LogP contribution in [0.15, 0.2) is 48.5 Å². The third-order valence-corrected chi connectivity index (χ3v) is 6.18. The molecule has 1 fully saturated rings. The van der Waals surface area contributed by atoms with Gasteiger partial charge in [-0.25, -0.2) is 0 Å². The molecular formula is C24H30N2O2. The second kappa shape index (κ2) is 8.46. The van der Waals surface area contributed by atoms with Gasteiger partial charge in [-0.05, 0) is 42.4 Å². The van der Waals surface area contributed by atoms with Crippen LogP contribution in [0.25, 0.3) is 0 Å². The van der Waals surface area contributed by atoms with Crippen LogP contribution in [-0.2, 0) is 17.8 Å². The SMILES string of the molecule is Cc1ccc(C2CCN(CC(O)CN3CCc4ccccc4C3)C(=O)C2)cc1. The second-order valence-electron chi connectivity index (χ2n) is 8.35. The molecule has 2 aliphatic heterocycles. The summed E-state index contributed by atoms with van der Waals surface area (Å²) < 4.78 is 0. The van der Waals surface area contributed by atoms with E-state index in [-0.39, 0.29) is 5.91 Å². The molecule has 2 unspecified atom stereocenters. The van der Waals surface area contributed by atoms with Crippen molar-refractivity contribution >= 4 is 5.91 Å². The number of benzene rings is 2. The van der Waals surface area contributed by atoms with Crippen molar-refractivity contribution in [2.75, 3.05) is 26.2 Å². The highest BCUT2D eigenvalue weighted by Crippen LogP contribution is 2.29. The van der Waals surface area contributed by atoms with E-state index in [1.54, 1.807) is 0 Å². The van der Waals surface area contributed by atoms with Crippen LogP contribution in [0.3, 0.4) is 0 Å². The van der Waals surface area contributed by atoms with Gasteiger partial charge in [0.15, 0.2) is 0 Å². The summed E-state index contributed by atoms with van der Waals surface area (Å²) in [6.07, 6.45) is 2.06. The zero-order valence-electron chi connectivity index (χ0n) is 16.7. The maximum atomic E-state index is 12.6. The molecule has 1 N–H and O–H groups in total. The maximum absolute atomic E-state index is 12.6. The van der Waals surface area contributed by atoms with Gasteiger partial charge in [0.2, 0.25) is 5.91 Å². The molecule has 4 nitrogen and oxygen atoms in total. The molecule has 0 spiro atoms. The summed E-state index contributed by atoms with van der Waals surface area (Å²) in [5.41, 5.74) is 5.28. The summed E-state index contributed by atoms with van der Waals surface area (Å²) in [5.74, 6) is 0.472. The topological polar surface area (TPSA) is 43.8 Å². The zero-order valence-corrected chi connectivity index (χ0v) is 16.7. The van der Waals surface area contributed by atoms with Crippen LogP contribution in [0.2, 0.25) is 0 Å². The second-order valence-corrected chi connectivity index (χ2v) is 8.35. The molecule has 2 aromatic carbocycles. The maximum Gasteiger partial charge on any atom is 0.223 e. The van der Waals surface area contributed by atoms with Crippen LogP contribution in [-0.4, -0.2) is 53.1 Å². The average Bonchev–Trinajstić information content (AvgIpc) is 2.70. The number of nitrogens with zero attached hydrogens (tertiary/aromatic N) is 2. The van der Waals surface area contributed by atoms with Crippen molar-refractivity contribution in [3.8, 4) is 0 Å². The molecule has 4 heteroatoms. The lowest BCUT2D eigenvalue weighted by Gasteiger charge is -2.35. The van der Waals surface area contributed by atoms with Gasteiger partial charge in [-0.3, -0.25) is 9.69 Å². The first-order chi connectivity index (χ1) is 13.6. The summed E-state index contributed by atoms with van der Waals surface area (Å²) in [5, 5.41) is 10.6. The monoisotopic (exact) mass is 378 g/mol. The number of piperidine rings is 1. The lowest BCUT2D eigenvalue weighted by atomic mass is 9.88. The van der Waals surface area contributed by atoms with E-state index in [9.17, 15) is 9.90 Å². The highest BCUT2D eigenvalue weighted by atomic mass is 16.3. The summed E-state index contributed by atoms with van der Waals surface area (Å²) in [6, 6.07) is 17.1. The number of carbonyl (C=O) groups excluding carboxylic acids is 1. The van der Waals surface area contributed by atoms with Crippen LogP contribution in [0, 0.1) is 6.92 Å². The van der Waals surface area contributed by atoms with E-state index in [2.05, 4.69) is 60.4 Å². The average molecular weight is 379 g/mol. The van der Waals surface area contributed by atoms with Gasteiger partial charge in [0, 0.05) is 39.1 Å². The number of likely N-dealkylation sites (tertiary alicyclic amines) is 1. The Morgan fingerprint density at radius 3 is 2.54 bits per heavy atom. The number of aliphatic hydroxyl groups is 1. The number of fused-ring (bicyclic) bond motifs is 1. The fourth-order valence-electron chi connectivity index (χ4n) is 4.51. The zero-order chi connectivity index (χ0) is 19.5. The first-order valence-electron chi connectivity index (χ1n) is 10.4. The number of hydrogen-bond acceptors (Lipinski definition) is 3. The van der Waals surface area contributed by atoms with Crippen molar-refractivity contribution in [2.24, 2.45) is 0 Å². The van der Waals surface area contributed by atoms with Crippen molar-refractivity contribution < 1.29 is 9.90 Å². The molecule has 1 amide bonds. The Labute approximate surface area is 167 Å². The Balaban J connectivity index is 1.28. The molecule has 2 atom stereocenters. The molecule has 0 radical (unpaired) electrons. The van der Waals surface area contributed by atoms with Gasteiger partial charge in [0.05, 0.1) is 6.10 Å². The minimum Gasteiger partial charge on any atom is -0.390 e. The van der Waals surface area contributed by atoms with Gasteiger partial charge >= 0.3 is 0 Å². The van der Waals surface area contributed by atoms with E-state index in [4.69, 9.17) is 0 Å². The van der Waals surface area contributed by atoms with E-state index in [1.165, 1.54) is 22.3 Å². The van der Waals surface area contributed by atoms with Crippen molar-refractivity contribution in [1.82, 2.24) is 9.80 Å². The molecule has 1 saturated heterocycles. The van der Waals surface area contributed by atoms with Crippen LogP contribution in [0.5, 0.6) is 0 Å². The summed E-state index contributed by atoms with van der Waals surface area (Å²) in [7, 11) is 0. The van der Waals surface area contributed by atoms with Gasteiger partial charge in [0.25, 0.3) is 0 Å². The highest BCUT2D eigenvalue weighted by molar-refractivity contribution is 5.78. The highest BCUT2D eigenvalue weighted by Gasteiger charge is 2.28. The fourth-order valence-corrected chi connectivity index (χ4v) is 4.51. The molecule has 2 aromatic rings. The first-order valence-corrected chi connectivity index (χ1v) is 10.4. The Kier molecular flexibility index (Phi) is 5.79. The lowest BCUT2D eigenvalue weighted by molar-refractivity contribution is -0.135. The number of rotatable bonds is 5. The quantitative estimate of drug-likeness (QED) is 0.869. The largest absolute Gasteiger partial charge is 0.390 e. The standard InChI is InChI=1S/C24H30N2O2/c1-18-6-8-20(9-7-18)21-11-13-26(24(28)14-21)17-23(27)16-25-12-10-19-4-2-3-5-22(19)15-25/h2-9,21,23,27H,10-17H2,1H3. The minimum atomic E-state index is -0.495. The van der Waals surface area contributed by atoms with Crippen molar-refractivity contribution in [2.45, 2.75) is 44.8 Å². The Morgan fingerprint density at radius 1 is 1.04 bits per heavy atom.